The summed E-state index contributed by atoms with van der Waals surface area (Å²) in [6.07, 6.45) is 2.24. The lowest BCUT2D eigenvalue weighted by atomic mass is 10.2. The summed E-state index contributed by atoms with van der Waals surface area (Å²) in [6, 6.07) is 14.1. The lowest BCUT2D eigenvalue weighted by molar-refractivity contribution is -0.117. The number of hydrogen-bond acceptors (Lipinski definition) is 4. The highest BCUT2D eigenvalue weighted by atomic mass is 16.5. The number of carbonyl (C=O) groups excluding carboxylic acids is 3. The van der Waals surface area contributed by atoms with Crippen LogP contribution in [0.1, 0.15) is 36.0 Å². The smallest absolute Gasteiger partial charge is 0.251 e. The average Bonchev–Trinajstić information content (AvgIpc) is 3.17. The maximum absolute atomic E-state index is 12.2. The first-order valence-electron chi connectivity index (χ1n) is 9.69. The van der Waals surface area contributed by atoms with Crippen LogP contribution in [-0.4, -0.2) is 37.9 Å². The molecule has 2 N–H and O–H groups in total. The average molecular weight is 395 g/mol. The number of benzene rings is 2. The summed E-state index contributed by atoms with van der Waals surface area (Å²) < 4.78 is 5.07. The van der Waals surface area contributed by atoms with Crippen LogP contribution in [0.25, 0.3) is 0 Å². The van der Waals surface area contributed by atoms with Gasteiger partial charge in [-0.2, -0.15) is 0 Å². The zero-order chi connectivity index (χ0) is 20.6. The Balaban J connectivity index is 1.42. The van der Waals surface area contributed by atoms with Gasteiger partial charge < -0.3 is 20.3 Å². The Labute approximate surface area is 170 Å². The van der Waals surface area contributed by atoms with E-state index in [4.69, 9.17) is 4.74 Å². The van der Waals surface area contributed by atoms with Crippen LogP contribution in [0, 0.1) is 0 Å². The third-order valence-electron chi connectivity index (χ3n) is 4.73. The topological polar surface area (TPSA) is 87.7 Å². The second-order valence-electron chi connectivity index (χ2n) is 6.84. The van der Waals surface area contributed by atoms with Gasteiger partial charge in [-0.05, 0) is 55.3 Å². The summed E-state index contributed by atoms with van der Waals surface area (Å²) in [4.78, 5) is 37.9. The second-order valence-corrected chi connectivity index (χ2v) is 6.84. The maximum atomic E-state index is 12.2. The van der Waals surface area contributed by atoms with Gasteiger partial charge in [0.2, 0.25) is 11.8 Å². The van der Waals surface area contributed by atoms with E-state index in [0.29, 0.717) is 42.9 Å². The molecule has 3 amide bonds. The molecule has 1 heterocycles. The molecule has 3 rings (SSSR count). The van der Waals surface area contributed by atoms with E-state index in [1.165, 1.54) is 0 Å². The van der Waals surface area contributed by atoms with E-state index in [-0.39, 0.29) is 24.1 Å². The minimum atomic E-state index is -0.184. The molecule has 0 unspecified atom stereocenters. The summed E-state index contributed by atoms with van der Waals surface area (Å²) in [7, 11) is 1.57. The van der Waals surface area contributed by atoms with Gasteiger partial charge in [0.15, 0.2) is 0 Å². The largest absolute Gasteiger partial charge is 0.497 e. The Hall–Kier alpha value is -3.35. The molecule has 152 valence electrons. The van der Waals surface area contributed by atoms with Gasteiger partial charge in [-0.1, -0.05) is 6.07 Å². The number of nitrogens with zero attached hydrogens (tertiary/aromatic N) is 1. The zero-order valence-corrected chi connectivity index (χ0v) is 16.4. The number of anilines is 2. The van der Waals surface area contributed by atoms with Crippen molar-refractivity contribution in [2.45, 2.75) is 25.7 Å². The Morgan fingerprint density at radius 1 is 1.14 bits per heavy atom. The first-order chi connectivity index (χ1) is 14.1. The van der Waals surface area contributed by atoms with Crippen LogP contribution in [0.15, 0.2) is 48.5 Å². The van der Waals surface area contributed by atoms with Gasteiger partial charge in [0, 0.05) is 42.9 Å². The van der Waals surface area contributed by atoms with Crippen LogP contribution < -0.4 is 20.3 Å². The molecule has 7 nitrogen and oxygen atoms in total. The molecule has 2 aromatic rings. The molecule has 29 heavy (non-hydrogen) atoms. The van der Waals surface area contributed by atoms with Gasteiger partial charge in [0.25, 0.3) is 5.91 Å². The SMILES string of the molecule is COc1ccc(C(=O)NCCCC(=O)Nc2cccc(N3CCCC3=O)c2)cc1. The fourth-order valence-electron chi connectivity index (χ4n) is 3.19. The highest BCUT2D eigenvalue weighted by Crippen LogP contribution is 2.24. The van der Waals surface area contributed by atoms with Crippen LogP contribution in [0.2, 0.25) is 0 Å². The molecule has 0 spiro atoms. The number of rotatable bonds is 8. The van der Waals surface area contributed by atoms with Gasteiger partial charge in [-0.25, -0.2) is 0 Å². The minimum absolute atomic E-state index is 0.112. The molecule has 1 fully saturated rings. The first kappa shape index (κ1) is 20.4. The molecule has 0 saturated carbocycles. The zero-order valence-electron chi connectivity index (χ0n) is 16.4. The summed E-state index contributed by atoms with van der Waals surface area (Å²) in [5.74, 6) is 0.488. The molecular weight excluding hydrogens is 370 g/mol. The highest BCUT2D eigenvalue weighted by Gasteiger charge is 2.21. The lowest BCUT2D eigenvalue weighted by Crippen LogP contribution is -2.25. The van der Waals surface area contributed by atoms with Gasteiger partial charge in [-0.3, -0.25) is 14.4 Å². The molecule has 2 aromatic carbocycles. The molecule has 0 aromatic heterocycles. The van der Waals surface area contributed by atoms with Crippen molar-refractivity contribution in [3.8, 4) is 5.75 Å². The van der Waals surface area contributed by atoms with Gasteiger partial charge in [0.05, 0.1) is 7.11 Å². The molecule has 1 aliphatic heterocycles. The van der Waals surface area contributed by atoms with Crippen LogP contribution in [-0.2, 0) is 9.59 Å². The van der Waals surface area contributed by atoms with Gasteiger partial charge in [0.1, 0.15) is 5.75 Å². The van der Waals surface area contributed by atoms with E-state index < -0.39 is 0 Å². The first-order valence-corrected chi connectivity index (χ1v) is 9.69. The quantitative estimate of drug-likeness (QED) is 0.673. The fourth-order valence-corrected chi connectivity index (χ4v) is 3.19. The van der Waals surface area contributed by atoms with E-state index in [9.17, 15) is 14.4 Å². The molecule has 1 aliphatic rings. The fraction of sp³-hybridized carbons (Fsp3) is 0.318. The highest BCUT2D eigenvalue weighted by molar-refractivity contribution is 5.97. The van der Waals surface area contributed by atoms with Crippen molar-refractivity contribution in [3.05, 3.63) is 54.1 Å². The molecule has 7 heteroatoms. The third kappa shape index (κ3) is 5.57. The standard InChI is InChI=1S/C22H25N3O4/c1-29-19-11-9-16(10-12-19)22(28)23-13-3-7-20(26)24-17-5-2-6-18(15-17)25-14-4-8-21(25)27/h2,5-6,9-12,15H,3-4,7-8,13-14H2,1H3,(H,23,28)(H,24,26). The van der Waals surface area contributed by atoms with Crippen LogP contribution in [0.5, 0.6) is 5.75 Å². The number of nitrogens with one attached hydrogen (secondary N) is 2. The van der Waals surface area contributed by atoms with E-state index in [0.717, 1.165) is 12.1 Å². The molecule has 0 bridgehead atoms. The normalized spacial score (nSPS) is 13.3. The summed E-state index contributed by atoms with van der Waals surface area (Å²) >= 11 is 0. The van der Waals surface area contributed by atoms with Crippen molar-refractivity contribution in [1.29, 1.82) is 0 Å². The Morgan fingerprint density at radius 3 is 2.62 bits per heavy atom. The summed E-state index contributed by atoms with van der Waals surface area (Å²) in [5.41, 5.74) is 2.01. The second kappa shape index (κ2) is 9.73. The molecule has 1 saturated heterocycles. The van der Waals surface area contributed by atoms with Crippen molar-refractivity contribution in [2.24, 2.45) is 0 Å². The third-order valence-corrected chi connectivity index (χ3v) is 4.73. The van der Waals surface area contributed by atoms with Crippen LogP contribution in [0.3, 0.4) is 0 Å². The van der Waals surface area contributed by atoms with Crippen molar-refractivity contribution < 1.29 is 19.1 Å². The molecule has 0 radical (unpaired) electrons. The van der Waals surface area contributed by atoms with Crippen molar-refractivity contribution in [1.82, 2.24) is 5.32 Å². The Bertz CT molecular complexity index is 880. The van der Waals surface area contributed by atoms with Gasteiger partial charge >= 0.3 is 0 Å². The minimum Gasteiger partial charge on any atom is -0.497 e. The van der Waals surface area contributed by atoms with Crippen LogP contribution in [0.4, 0.5) is 11.4 Å². The van der Waals surface area contributed by atoms with E-state index in [1.54, 1.807) is 42.3 Å². The van der Waals surface area contributed by atoms with E-state index in [1.807, 2.05) is 18.2 Å². The molecular formula is C22H25N3O4. The Morgan fingerprint density at radius 2 is 1.93 bits per heavy atom. The Kier molecular flexibility index (Phi) is 6.84. The predicted molar refractivity (Wildman–Crippen MR) is 111 cm³/mol. The number of carbonyl (C=O) groups is 3. The predicted octanol–water partition coefficient (Wildman–Crippen LogP) is 2.97. The number of hydrogen-bond donors (Lipinski definition) is 2. The van der Waals surface area contributed by atoms with Crippen molar-refractivity contribution in [3.63, 3.8) is 0 Å². The van der Waals surface area contributed by atoms with E-state index in [2.05, 4.69) is 10.6 Å². The number of ether oxygens (including phenoxy) is 1. The van der Waals surface area contributed by atoms with E-state index >= 15 is 0 Å². The molecule has 0 atom stereocenters. The van der Waals surface area contributed by atoms with Gasteiger partial charge in [-0.15, -0.1) is 0 Å². The molecule has 0 aliphatic carbocycles. The summed E-state index contributed by atoms with van der Waals surface area (Å²) in [6.45, 7) is 1.12. The van der Waals surface area contributed by atoms with Crippen LogP contribution >= 0.6 is 0 Å². The van der Waals surface area contributed by atoms with Crippen molar-refractivity contribution in [2.75, 3.05) is 30.4 Å². The monoisotopic (exact) mass is 395 g/mol. The summed E-state index contributed by atoms with van der Waals surface area (Å²) in [5, 5.41) is 5.65. The number of methoxy groups -OCH3 is 1. The maximum Gasteiger partial charge on any atom is 0.251 e. The number of amides is 3. The van der Waals surface area contributed by atoms with Crippen molar-refractivity contribution >= 4 is 29.1 Å². The lowest BCUT2D eigenvalue weighted by Gasteiger charge is -2.16.